The van der Waals surface area contributed by atoms with Crippen LogP contribution in [0.4, 0.5) is 10.5 Å². The number of rotatable bonds is 3. The normalized spacial score (nSPS) is 21.5. The van der Waals surface area contributed by atoms with E-state index in [-0.39, 0.29) is 12.2 Å². The van der Waals surface area contributed by atoms with Crippen molar-refractivity contribution >= 4 is 17.6 Å². The molecule has 1 saturated heterocycles. The summed E-state index contributed by atoms with van der Waals surface area (Å²) < 4.78 is 0. The molecule has 1 atom stereocenters. The first-order valence-electron chi connectivity index (χ1n) is 5.66. The first-order valence-corrected chi connectivity index (χ1v) is 5.66. The van der Waals surface area contributed by atoms with Crippen LogP contribution >= 0.6 is 0 Å². The molecule has 1 aliphatic rings. The number of carbonyl (C=O) groups excluding carboxylic acids is 2. The molecule has 8 nitrogen and oxygen atoms in total. The van der Waals surface area contributed by atoms with Crippen molar-refractivity contribution in [3.8, 4) is 6.07 Å². The fraction of sp³-hybridized carbons (Fsp3) is 0.250. The Labute approximate surface area is 113 Å². The van der Waals surface area contributed by atoms with Crippen molar-refractivity contribution in [2.75, 3.05) is 6.54 Å². The maximum absolute atomic E-state index is 12.2. The lowest BCUT2D eigenvalue weighted by Gasteiger charge is -2.21. The summed E-state index contributed by atoms with van der Waals surface area (Å²) in [5, 5.41) is 21.7. The zero-order chi connectivity index (χ0) is 14.9. The van der Waals surface area contributed by atoms with Crippen molar-refractivity contribution in [3.05, 3.63) is 39.9 Å². The summed E-state index contributed by atoms with van der Waals surface area (Å²) in [6, 6.07) is 6.42. The molecule has 1 aromatic rings. The van der Waals surface area contributed by atoms with Gasteiger partial charge in [-0.05, 0) is 24.6 Å². The van der Waals surface area contributed by atoms with E-state index in [1.54, 1.807) is 6.07 Å². The van der Waals surface area contributed by atoms with Gasteiger partial charge in [-0.3, -0.25) is 14.9 Å². The highest BCUT2D eigenvalue weighted by atomic mass is 16.6. The number of urea groups is 1. The average Bonchev–Trinajstić information content (AvgIpc) is 2.64. The summed E-state index contributed by atoms with van der Waals surface area (Å²) >= 11 is 0. The van der Waals surface area contributed by atoms with Gasteiger partial charge in [0.1, 0.15) is 12.1 Å². The highest BCUT2D eigenvalue weighted by Crippen LogP contribution is 2.29. The maximum Gasteiger partial charge on any atom is 0.326 e. The smallest absolute Gasteiger partial charge is 0.319 e. The molecule has 1 fully saturated rings. The minimum Gasteiger partial charge on any atom is -0.319 e. The standard InChI is InChI=1S/C12H10N4O4/c1-12(8-2-4-9(5-3-8)16(19)20)10(17)15(7-6-13)11(18)14-12/h2-5H,7H2,1H3,(H,14,18)/t12-/m1/s1. The van der Waals surface area contributed by atoms with E-state index in [4.69, 9.17) is 5.26 Å². The number of nitriles is 1. The van der Waals surface area contributed by atoms with Crippen LogP contribution in [0.2, 0.25) is 0 Å². The lowest BCUT2D eigenvalue weighted by molar-refractivity contribution is -0.384. The molecule has 20 heavy (non-hydrogen) atoms. The molecule has 8 heteroatoms. The molecular weight excluding hydrogens is 264 g/mol. The van der Waals surface area contributed by atoms with Crippen LogP contribution in [-0.2, 0) is 10.3 Å². The predicted molar refractivity (Wildman–Crippen MR) is 66.3 cm³/mol. The van der Waals surface area contributed by atoms with E-state index in [9.17, 15) is 19.7 Å². The number of imide groups is 1. The Morgan fingerprint density at radius 2 is 2.00 bits per heavy atom. The van der Waals surface area contributed by atoms with E-state index in [0.29, 0.717) is 5.56 Å². The van der Waals surface area contributed by atoms with Gasteiger partial charge in [0, 0.05) is 12.1 Å². The van der Waals surface area contributed by atoms with Crippen molar-refractivity contribution in [2.24, 2.45) is 0 Å². The maximum atomic E-state index is 12.2. The van der Waals surface area contributed by atoms with Crippen LogP contribution in [0.25, 0.3) is 0 Å². The molecular formula is C12H10N4O4. The fourth-order valence-corrected chi connectivity index (χ4v) is 2.02. The van der Waals surface area contributed by atoms with E-state index < -0.39 is 22.4 Å². The molecule has 3 amide bonds. The Bertz CT molecular complexity index is 634. The van der Waals surface area contributed by atoms with Gasteiger partial charge in [-0.25, -0.2) is 9.69 Å². The Hall–Kier alpha value is -2.95. The predicted octanol–water partition coefficient (Wildman–Crippen LogP) is 0.885. The molecule has 102 valence electrons. The van der Waals surface area contributed by atoms with Crippen molar-refractivity contribution in [1.29, 1.82) is 5.26 Å². The van der Waals surface area contributed by atoms with E-state index in [0.717, 1.165) is 4.90 Å². The molecule has 1 heterocycles. The third kappa shape index (κ3) is 1.95. The lowest BCUT2D eigenvalue weighted by Crippen LogP contribution is -2.40. The van der Waals surface area contributed by atoms with Crippen molar-refractivity contribution in [2.45, 2.75) is 12.5 Å². The van der Waals surface area contributed by atoms with Gasteiger partial charge in [0.05, 0.1) is 11.0 Å². The molecule has 1 N–H and O–H groups in total. The second-order valence-corrected chi connectivity index (χ2v) is 4.41. The Morgan fingerprint density at radius 3 is 2.50 bits per heavy atom. The number of nitrogens with zero attached hydrogens (tertiary/aromatic N) is 3. The van der Waals surface area contributed by atoms with Gasteiger partial charge in [0.2, 0.25) is 0 Å². The van der Waals surface area contributed by atoms with Gasteiger partial charge in [-0.2, -0.15) is 5.26 Å². The Balaban J connectivity index is 2.37. The lowest BCUT2D eigenvalue weighted by atomic mass is 9.92. The number of amides is 3. The Kier molecular flexibility index (Phi) is 3.11. The van der Waals surface area contributed by atoms with Crippen molar-refractivity contribution < 1.29 is 14.5 Å². The monoisotopic (exact) mass is 274 g/mol. The van der Waals surface area contributed by atoms with Crippen LogP contribution < -0.4 is 5.32 Å². The molecule has 0 saturated carbocycles. The largest absolute Gasteiger partial charge is 0.326 e. The SMILES string of the molecule is C[C@]1(c2ccc([N+](=O)[O-])cc2)NC(=O)N(CC#N)C1=O. The van der Waals surface area contributed by atoms with E-state index >= 15 is 0 Å². The van der Waals surface area contributed by atoms with Crippen LogP contribution in [0, 0.1) is 21.4 Å². The summed E-state index contributed by atoms with van der Waals surface area (Å²) in [7, 11) is 0. The third-order valence-electron chi connectivity index (χ3n) is 3.16. The summed E-state index contributed by atoms with van der Waals surface area (Å²) in [5.41, 5.74) is -1.01. The number of hydrogen-bond acceptors (Lipinski definition) is 5. The molecule has 0 bridgehead atoms. The molecule has 0 unspecified atom stereocenters. The first kappa shape index (κ1) is 13.5. The summed E-state index contributed by atoms with van der Waals surface area (Å²) in [4.78, 5) is 34.7. The quantitative estimate of drug-likeness (QED) is 0.380. The molecule has 0 aliphatic carbocycles. The topological polar surface area (TPSA) is 116 Å². The van der Waals surface area contributed by atoms with Gasteiger partial charge >= 0.3 is 6.03 Å². The number of nitro benzene ring substituents is 1. The number of hydrogen-bond donors (Lipinski definition) is 1. The third-order valence-corrected chi connectivity index (χ3v) is 3.16. The van der Waals surface area contributed by atoms with E-state index in [1.165, 1.54) is 31.2 Å². The number of benzene rings is 1. The van der Waals surface area contributed by atoms with Crippen molar-refractivity contribution in [1.82, 2.24) is 10.2 Å². The van der Waals surface area contributed by atoms with Crippen LogP contribution in [0.3, 0.4) is 0 Å². The molecule has 0 radical (unpaired) electrons. The van der Waals surface area contributed by atoms with Gasteiger partial charge in [0.15, 0.2) is 0 Å². The molecule has 1 aliphatic heterocycles. The summed E-state index contributed by atoms with van der Waals surface area (Å²) in [6.45, 7) is 1.15. The summed E-state index contributed by atoms with van der Waals surface area (Å²) in [6.07, 6.45) is 0. The minimum atomic E-state index is -1.32. The number of nitrogens with one attached hydrogen (secondary N) is 1. The van der Waals surface area contributed by atoms with Crippen LogP contribution in [0.1, 0.15) is 12.5 Å². The summed E-state index contributed by atoms with van der Waals surface area (Å²) in [5.74, 6) is -0.557. The minimum absolute atomic E-state index is 0.108. The number of nitro groups is 1. The van der Waals surface area contributed by atoms with Gasteiger partial charge in [-0.15, -0.1) is 0 Å². The first-order chi connectivity index (χ1) is 9.40. The molecule has 0 aromatic heterocycles. The fourth-order valence-electron chi connectivity index (χ4n) is 2.02. The highest BCUT2D eigenvalue weighted by molar-refractivity contribution is 6.07. The van der Waals surface area contributed by atoms with E-state index in [1.807, 2.05) is 0 Å². The van der Waals surface area contributed by atoms with Crippen LogP contribution in [-0.4, -0.2) is 28.3 Å². The number of non-ortho nitro benzene ring substituents is 1. The van der Waals surface area contributed by atoms with E-state index in [2.05, 4.69) is 5.32 Å². The molecule has 0 spiro atoms. The van der Waals surface area contributed by atoms with Crippen LogP contribution in [0.5, 0.6) is 0 Å². The number of carbonyl (C=O) groups is 2. The van der Waals surface area contributed by atoms with Gasteiger partial charge in [-0.1, -0.05) is 0 Å². The zero-order valence-corrected chi connectivity index (χ0v) is 10.5. The van der Waals surface area contributed by atoms with Crippen LogP contribution in [0.15, 0.2) is 24.3 Å². The van der Waals surface area contributed by atoms with Gasteiger partial charge in [0.25, 0.3) is 11.6 Å². The Morgan fingerprint density at radius 1 is 1.40 bits per heavy atom. The van der Waals surface area contributed by atoms with Gasteiger partial charge < -0.3 is 5.32 Å². The molecule has 1 aromatic carbocycles. The second kappa shape index (κ2) is 4.62. The zero-order valence-electron chi connectivity index (χ0n) is 10.5. The highest BCUT2D eigenvalue weighted by Gasteiger charge is 2.48. The molecule has 2 rings (SSSR count). The average molecular weight is 274 g/mol. The second-order valence-electron chi connectivity index (χ2n) is 4.41. The van der Waals surface area contributed by atoms with Crippen molar-refractivity contribution in [3.63, 3.8) is 0 Å².